The molecule has 0 heterocycles. The number of sulfonamides is 1. The molecule has 0 atom stereocenters. The van der Waals surface area contributed by atoms with Crippen LogP contribution in [0.2, 0.25) is 0 Å². The molecule has 0 amide bonds. The van der Waals surface area contributed by atoms with Gasteiger partial charge in [0, 0.05) is 6.54 Å². The topological polar surface area (TPSA) is 58.2 Å². The molecule has 0 aliphatic heterocycles. The molecule has 0 bridgehead atoms. The van der Waals surface area contributed by atoms with Crippen LogP contribution >= 0.6 is 0 Å². The Hall–Kier alpha value is -0.910. The zero-order chi connectivity index (χ0) is 14.0. The van der Waals surface area contributed by atoms with Crippen molar-refractivity contribution in [2.24, 2.45) is 0 Å². The van der Waals surface area contributed by atoms with Gasteiger partial charge in [-0.3, -0.25) is 0 Å². The third-order valence-corrected chi connectivity index (χ3v) is 4.24. The number of benzene rings is 1. The Kier molecular flexibility index (Phi) is 7.70. The largest absolute Gasteiger partial charge is 0.317 e. The molecule has 0 aromatic heterocycles. The molecule has 1 aromatic rings. The van der Waals surface area contributed by atoms with Crippen LogP contribution in [0.3, 0.4) is 0 Å². The Bertz CT molecular complexity index is 432. The Morgan fingerprint density at radius 3 is 2.47 bits per heavy atom. The molecule has 19 heavy (non-hydrogen) atoms. The van der Waals surface area contributed by atoms with Crippen LogP contribution in [0, 0.1) is 0 Å². The summed E-state index contributed by atoms with van der Waals surface area (Å²) in [5.74, 6) is 0.193. The van der Waals surface area contributed by atoms with Crippen molar-refractivity contribution in [3.8, 4) is 0 Å². The molecule has 1 aromatic carbocycles. The first-order valence-electron chi connectivity index (χ1n) is 6.86. The van der Waals surface area contributed by atoms with Crippen molar-refractivity contribution in [2.75, 3.05) is 25.4 Å². The van der Waals surface area contributed by atoms with E-state index in [0.29, 0.717) is 13.0 Å². The van der Waals surface area contributed by atoms with E-state index < -0.39 is 10.0 Å². The molecule has 0 saturated heterocycles. The summed E-state index contributed by atoms with van der Waals surface area (Å²) in [5.41, 5.74) is 1.15. The molecule has 0 aliphatic carbocycles. The van der Waals surface area contributed by atoms with Gasteiger partial charge in [-0.05, 0) is 37.9 Å². The highest BCUT2D eigenvalue weighted by atomic mass is 32.2. The summed E-state index contributed by atoms with van der Waals surface area (Å²) in [7, 11) is -3.13. The van der Waals surface area contributed by atoms with Crippen molar-refractivity contribution in [1.82, 2.24) is 10.0 Å². The van der Waals surface area contributed by atoms with Gasteiger partial charge in [-0.25, -0.2) is 13.1 Å². The Morgan fingerprint density at radius 2 is 1.79 bits per heavy atom. The lowest BCUT2D eigenvalue weighted by atomic mass is 10.2. The Morgan fingerprint density at radius 1 is 1.05 bits per heavy atom. The van der Waals surface area contributed by atoms with Crippen LogP contribution in [0.1, 0.15) is 25.3 Å². The van der Waals surface area contributed by atoms with Crippen molar-refractivity contribution in [2.45, 2.75) is 26.2 Å². The minimum absolute atomic E-state index is 0.193. The molecule has 108 valence electrons. The predicted molar refractivity (Wildman–Crippen MR) is 79.7 cm³/mol. The van der Waals surface area contributed by atoms with E-state index in [1.165, 1.54) is 0 Å². The molecule has 5 heteroatoms. The van der Waals surface area contributed by atoms with E-state index in [-0.39, 0.29) is 5.75 Å². The maximum atomic E-state index is 11.7. The van der Waals surface area contributed by atoms with E-state index in [4.69, 9.17) is 0 Å². The van der Waals surface area contributed by atoms with Crippen LogP contribution in [-0.2, 0) is 16.4 Å². The van der Waals surface area contributed by atoms with Crippen molar-refractivity contribution >= 4 is 10.0 Å². The van der Waals surface area contributed by atoms with Crippen molar-refractivity contribution in [1.29, 1.82) is 0 Å². The summed E-state index contributed by atoms with van der Waals surface area (Å²) in [6.45, 7) is 4.26. The van der Waals surface area contributed by atoms with Crippen LogP contribution in [0.5, 0.6) is 0 Å². The third kappa shape index (κ3) is 7.97. The Balaban J connectivity index is 2.16. The number of nitrogens with one attached hydrogen (secondary N) is 2. The summed E-state index contributed by atoms with van der Waals surface area (Å²) in [6, 6.07) is 9.88. The van der Waals surface area contributed by atoms with Gasteiger partial charge in [0.2, 0.25) is 10.0 Å². The van der Waals surface area contributed by atoms with Crippen molar-refractivity contribution in [3.05, 3.63) is 35.9 Å². The molecule has 2 N–H and O–H groups in total. The van der Waals surface area contributed by atoms with E-state index in [2.05, 4.69) is 17.0 Å². The first-order chi connectivity index (χ1) is 9.14. The number of hydrogen-bond donors (Lipinski definition) is 2. The van der Waals surface area contributed by atoms with E-state index >= 15 is 0 Å². The third-order valence-electron chi connectivity index (χ3n) is 2.77. The summed E-state index contributed by atoms with van der Waals surface area (Å²) in [4.78, 5) is 0. The second kappa shape index (κ2) is 9.07. The lowest BCUT2D eigenvalue weighted by Crippen LogP contribution is -2.30. The SMILES string of the molecule is CCCNCCCS(=O)(=O)NCCc1ccccc1. The molecule has 0 aliphatic rings. The van der Waals surface area contributed by atoms with Crippen LogP contribution < -0.4 is 10.0 Å². The first-order valence-corrected chi connectivity index (χ1v) is 8.51. The van der Waals surface area contributed by atoms with Gasteiger partial charge in [0.25, 0.3) is 0 Å². The molecule has 1 rings (SSSR count). The maximum Gasteiger partial charge on any atom is 0.211 e. The average molecular weight is 284 g/mol. The normalized spacial score (nSPS) is 11.6. The average Bonchev–Trinajstić information content (AvgIpc) is 2.39. The van der Waals surface area contributed by atoms with Gasteiger partial charge in [-0.1, -0.05) is 37.3 Å². The van der Waals surface area contributed by atoms with Gasteiger partial charge in [0.15, 0.2) is 0 Å². The highest BCUT2D eigenvalue weighted by Crippen LogP contribution is 1.99. The van der Waals surface area contributed by atoms with Crippen LogP contribution in [0.15, 0.2) is 30.3 Å². The second-order valence-corrected chi connectivity index (χ2v) is 6.48. The molecule has 0 fully saturated rings. The summed E-state index contributed by atoms with van der Waals surface area (Å²) in [5, 5.41) is 3.20. The van der Waals surface area contributed by atoms with E-state index in [0.717, 1.165) is 31.5 Å². The Labute approximate surface area is 116 Å². The van der Waals surface area contributed by atoms with Crippen molar-refractivity contribution < 1.29 is 8.42 Å². The van der Waals surface area contributed by atoms with Gasteiger partial charge in [0.1, 0.15) is 0 Å². The molecule has 4 nitrogen and oxygen atoms in total. The van der Waals surface area contributed by atoms with Crippen LogP contribution in [0.4, 0.5) is 0 Å². The zero-order valence-electron chi connectivity index (χ0n) is 11.6. The second-order valence-electron chi connectivity index (χ2n) is 4.55. The first kappa shape index (κ1) is 16.1. The van der Waals surface area contributed by atoms with Gasteiger partial charge >= 0.3 is 0 Å². The molecular weight excluding hydrogens is 260 g/mol. The molecule has 0 radical (unpaired) electrons. The van der Waals surface area contributed by atoms with Gasteiger partial charge in [0.05, 0.1) is 5.75 Å². The highest BCUT2D eigenvalue weighted by molar-refractivity contribution is 7.89. The minimum Gasteiger partial charge on any atom is -0.317 e. The van der Waals surface area contributed by atoms with E-state index in [9.17, 15) is 8.42 Å². The lowest BCUT2D eigenvalue weighted by molar-refractivity contribution is 0.574. The monoisotopic (exact) mass is 284 g/mol. The van der Waals surface area contributed by atoms with Crippen LogP contribution in [-0.4, -0.2) is 33.8 Å². The fraction of sp³-hybridized carbons (Fsp3) is 0.571. The van der Waals surface area contributed by atoms with E-state index in [1.54, 1.807) is 0 Å². The molecule has 0 spiro atoms. The molecule has 0 saturated carbocycles. The summed E-state index contributed by atoms with van der Waals surface area (Å²) >= 11 is 0. The molecule has 0 unspecified atom stereocenters. The quantitative estimate of drug-likeness (QED) is 0.641. The van der Waals surface area contributed by atoms with Crippen molar-refractivity contribution in [3.63, 3.8) is 0 Å². The van der Waals surface area contributed by atoms with E-state index in [1.807, 2.05) is 30.3 Å². The number of rotatable bonds is 10. The lowest BCUT2D eigenvalue weighted by Gasteiger charge is -2.07. The minimum atomic E-state index is -3.13. The smallest absolute Gasteiger partial charge is 0.211 e. The van der Waals surface area contributed by atoms with Gasteiger partial charge in [-0.2, -0.15) is 0 Å². The standard InChI is InChI=1S/C14H24N2O2S/c1-2-10-15-11-6-13-19(17,18)16-12-9-14-7-4-3-5-8-14/h3-5,7-8,15-16H,2,6,9-13H2,1H3. The van der Waals surface area contributed by atoms with Gasteiger partial charge < -0.3 is 5.32 Å². The predicted octanol–water partition coefficient (Wildman–Crippen LogP) is 1.54. The summed E-state index contributed by atoms with van der Waals surface area (Å²) in [6.07, 6.45) is 2.46. The number of hydrogen-bond acceptors (Lipinski definition) is 3. The highest BCUT2D eigenvalue weighted by Gasteiger charge is 2.08. The van der Waals surface area contributed by atoms with Crippen LogP contribution in [0.25, 0.3) is 0 Å². The summed E-state index contributed by atoms with van der Waals surface area (Å²) < 4.78 is 26.1. The molecular formula is C14H24N2O2S. The zero-order valence-corrected chi connectivity index (χ0v) is 12.4. The van der Waals surface area contributed by atoms with Gasteiger partial charge in [-0.15, -0.1) is 0 Å². The fourth-order valence-corrected chi connectivity index (χ4v) is 2.84. The maximum absolute atomic E-state index is 11.7. The fourth-order valence-electron chi connectivity index (χ4n) is 1.76.